The van der Waals surface area contributed by atoms with E-state index in [1.807, 2.05) is 0 Å². The molecule has 3 aromatic carbocycles. The lowest BCUT2D eigenvalue weighted by Crippen LogP contribution is -2.36. The minimum Gasteiger partial charge on any atom is -0.508 e. The molecule has 0 bridgehead atoms. The van der Waals surface area contributed by atoms with Crippen LogP contribution < -0.4 is 24.4 Å². The molecule has 4 aromatic rings. The highest BCUT2D eigenvalue weighted by Gasteiger charge is 2.35. The minimum absolute atomic E-state index is 0.00145. The van der Waals surface area contributed by atoms with Crippen molar-refractivity contribution in [2.45, 2.75) is 12.2 Å². The molecule has 2 atom stereocenters. The van der Waals surface area contributed by atoms with E-state index in [1.54, 1.807) is 24.3 Å². The average Bonchev–Trinajstić information content (AvgIpc) is 2.86. The van der Waals surface area contributed by atoms with Crippen LogP contribution >= 0.6 is 0 Å². The number of benzene rings is 3. The smallest absolute Gasteiger partial charge is 0.204 e. The molecule has 4 N–H and O–H groups in total. The van der Waals surface area contributed by atoms with Crippen molar-refractivity contribution >= 4 is 11.0 Å². The number of hydrogen-bond acceptors (Lipinski definition) is 10. The van der Waals surface area contributed by atoms with E-state index in [2.05, 4.69) is 0 Å². The van der Waals surface area contributed by atoms with Crippen molar-refractivity contribution in [1.29, 1.82) is 0 Å². The molecule has 5 rings (SSSR count). The van der Waals surface area contributed by atoms with Crippen molar-refractivity contribution < 1.29 is 43.8 Å². The van der Waals surface area contributed by atoms with Gasteiger partial charge >= 0.3 is 0 Å². The van der Waals surface area contributed by atoms with Crippen LogP contribution in [0.4, 0.5) is 0 Å². The third-order valence-electron chi connectivity index (χ3n) is 5.89. The molecule has 2 heterocycles. The molecule has 1 aromatic heterocycles. The van der Waals surface area contributed by atoms with Crippen molar-refractivity contribution in [3.63, 3.8) is 0 Å². The first kappa shape index (κ1) is 23.2. The largest absolute Gasteiger partial charge is 0.508 e. The van der Waals surface area contributed by atoms with E-state index < -0.39 is 23.4 Å². The highest BCUT2D eigenvalue weighted by molar-refractivity contribution is 5.86. The molecule has 1 aliphatic heterocycles. The Bertz CT molecular complexity index is 1520. The number of methoxy groups -OCH3 is 2. The SMILES string of the molecule is COc1cc([C@H]2Oc3c(OC)cc(-c4cc(=O)c5c(O)cc(O)cc5o4)cc3O[C@@H]2CO)ccc1O. The first-order chi connectivity index (χ1) is 17.3. The number of aliphatic hydroxyl groups is 1. The molecule has 0 fully saturated rings. The summed E-state index contributed by atoms with van der Waals surface area (Å²) in [6.07, 6.45) is -1.56. The summed E-state index contributed by atoms with van der Waals surface area (Å²) in [5.41, 5.74) is 0.490. The maximum atomic E-state index is 12.7. The van der Waals surface area contributed by atoms with Crippen molar-refractivity contribution in [3.8, 4) is 51.6 Å². The zero-order valence-electron chi connectivity index (χ0n) is 19.2. The summed E-state index contributed by atoms with van der Waals surface area (Å²) in [5.74, 6) is 0.456. The van der Waals surface area contributed by atoms with Gasteiger partial charge in [0, 0.05) is 29.3 Å². The van der Waals surface area contributed by atoms with Gasteiger partial charge in [-0.2, -0.15) is 0 Å². The van der Waals surface area contributed by atoms with Gasteiger partial charge in [0.2, 0.25) is 5.75 Å². The first-order valence-electron chi connectivity index (χ1n) is 10.9. The Hall–Kier alpha value is -4.57. The summed E-state index contributed by atoms with van der Waals surface area (Å²) in [6, 6.07) is 11.3. The standard InChI is InChI=1S/C26H22O10/c1-32-19-5-12(3-4-15(19)29)25-23(11-27)35-22-7-13(6-21(33-2)26(22)36-25)18-10-17(31)24-16(30)8-14(28)9-20(24)34-18/h3-10,23,25,27-30H,11H2,1-2H3/t23-,25-/m1/s1. The molecule has 0 spiro atoms. The van der Waals surface area contributed by atoms with E-state index in [0.29, 0.717) is 11.1 Å². The predicted octanol–water partition coefficient (Wildman–Crippen LogP) is 3.47. The molecule has 0 amide bonds. The molecule has 10 heteroatoms. The highest BCUT2D eigenvalue weighted by atomic mass is 16.6. The highest BCUT2D eigenvalue weighted by Crippen LogP contribution is 2.48. The van der Waals surface area contributed by atoms with E-state index in [9.17, 15) is 25.2 Å². The number of ether oxygens (including phenoxy) is 4. The molecule has 36 heavy (non-hydrogen) atoms. The lowest BCUT2D eigenvalue weighted by atomic mass is 10.0. The van der Waals surface area contributed by atoms with E-state index in [-0.39, 0.29) is 57.8 Å². The molecule has 186 valence electrons. The molecular weight excluding hydrogens is 472 g/mol. The van der Waals surface area contributed by atoms with Gasteiger partial charge in [-0.1, -0.05) is 6.07 Å². The Morgan fingerprint density at radius 3 is 2.39 bits per heavy atom. The number of fused-ring (bicyclic) bond motifs is 2. The van der Waals surface area contributed by atoms with Gasteiger partial charge in [-0.25, -0.2) is 0 Å². The molecule has 1 aliphatic rings. The van der Waals surface area contributed by atoms with E-state index >= 15 is 0 Å². The fourth-order valence-corrected chi connectivity index (χ4v) is 4.19. The zero-order valence-corrected chi connectivity index (χ0v) is 19.2. The topological polar surface area (TPSA) is 148 Å². The predicted molar refractivity (Wildman–Crippen MR) is 127 cm³/mol. The maximum Gasteiger partial charge on any atom is 0.204 e. The molecule has 0 radical (unpaired) electrons. The monoisotopic (exact) mass is 494 g/mol. The van der Waals surface area contributed by atoms with Gasteiger partial charge in [0.25, 0.3) is 0 Å². The Balaban J connectivity index is 1.60. The van der Waals surface area contributed by atoms with Gasteiger partial charge in [0.1, 0.15) is 28.2 Å². The van der Waals surface area contributed by atoms with Gasteiger partial charge in [-0.3, -0.25) is 4.79 Å². The van der Waals surface area contributed by atoms with Gasteiger partial charge in [-0.05, 0) is 24.3 Å². The second kappa shape index (κ2) is 8.90. The van der Waals surface area contributed by atoms with Crippen LogP contribution in [0.3, 0.4) is 0 Å². The summed E-state index contributed by atoms with van der Waals surface area (Å²) >= 11 is 0. The Morgan fingerprint density at radius 2 is 1.67 bits per heavy atom. The minimum atomic E-state index is -0.816. The number of phenols is 3. The van der Waals surface area contributed by atoms with Crippen molar-refractivity contribution in [2.75, 3.05) is 20.8 Å². The third kappa shape index (κ3) is 3.87. The summed E-state index contributed by atoms with van der Waals surface area (Å²) < 4.78 is 28.7. The van der Waals surface area contributed by atoms with E-state index in [0.717, 1.165) is 6.07 Å². The zero-order chi connectivity index (χ0) is 25.6. The van der Waals surface area contributed by atoms with E-state index in [4.69, 9.17) is 23.4 Å². The van der Waals surface area contributed by atoms with Crippen LogP contribution in [0.2, 0.25) is 0 Å². The lowest BCUT2D eigenvalue weighted by molar-refractivity contribution is -0.0140. The van der Waals surface area contributed by atoms with Crippen LogP contribution in [-0.2, 0) is 0 Å². The van der Waals surface area contributed by atoms with Crippen LogP contribution in [0.15, 0.2) is 57.7 Å². The van der Waals surface area contributed by atoms with Crippen LogP contribution in [0, 0.1) is 0 Å². The summed E-state index contributed by atoms with van der Waals surface area (Å²) in [6.45, 7) is -0.385. The molecule has 10 nitrogen and oxygen atoms in total. The normalized spacial score (nSPS) is 16.6. The molecule has 0 unspecified atom stereocenters. The van der Waals surface area contributed by atoms with E-state index in [1.165, 1.54) is 32.4 Å². The van der Waals surface area contributed by atoms with Gasteiger partial charge in [0.05, 0.1) is 20.8 Å². The average molecular weight is 494 g/mol. The van der Waals surface area contributed by atoms with Crippen LogP contribution in [0.5, 0.6) is 40.2 Å². The van der Waals surface area contributed by atoms with Gasteiger partial charge in [-0.15, -0.1) is 0 Å². The summed E-state index contributed by atoms with van der Waals surface area (Å²) in [7, 11) is 2.86. The number of aliphatic hydroxyl groups excluding tert-OH is 1. The van der Waals surface area contributed by atoms with Crippen molar-refractivity contribution in [3.05, 3.63) is 64.3 Å². The fraction of sp³-hybridized carbons (Fsp3) is 0.192. The quantitative estimate of drug-likeness (QED) is 0.325. The second-order valence-electron chi connectivity index (χ2n) is 8.13. The third-order valence-corrected chi connectivity index (χ3v) is 5.89. The maximum absolute atomic E-state index is 12.7. The molecular formula is C26H22O10. The molecule has 0 saturated carbocycles. The summed E-state index contributed by atoms with van der Waals surface area (Å²) in [4.78, 5) is 12.7. The Labute approximate surface area is 204 Å². The molecule has 0 saturated heterocycles. The second-order valence-corrected chi connectivity index (χ2v) is 8.13. The number of hydrogen-bond donors (Lipinski definition) is 4. The van der Waals surface area contributed by atoms with Gasteiger partial charge < -0.3 is 43.8 Å². The lowest BCUT2D eigenvalue weighted by Gasteiger charge is -2.34. The Morgan fingerprint density at radius 1 is 0.889 bits per heavy atom. The Kier molecular flexibility index (Phi) is 5.73. The van der Waals surface area contributed by atoms with Crippen LogP contribution in [0.25, 0.3) is 22.3 Å². The molecule has 0 aliphatic carbocycles. The number of rotatable bonds is 5. The fourth-order valence-electron chi connectivity index (χ4n) is 4.19. The van der Waals surface area contributed by atoms with Crippen LogP contribution in [0.1, 0.15) is 11.7 Å². The number of phenolic OH excluding ortho intramolecular Hbond substituents is 3. The summed E-state index contributed by atoms with van der Waals surface area (Å²) in [5, 5.41) is 39.7. The van der Waals surface area contributed by atoms with Crippen LogP contribution in [-0.4, -0.2) is 47.4 Å². The first-order valence-corrected chi connectivity index (χ1v) is 10.9. The van der Waals surface area contributed by atoms with Crippen molar-refractivity contribution in [1.82, 2.24) is 0 Å². The van der Waals surface area contributed by atoms with Gasteiger partial charge in [0.15, 0.2) is 40.6 Å². The number of aromatic hydroxyl groups is 3. The van der Waals surface area contributed by atoms with Crippen molar-refractivity contribution in [2.24, 2.45) is 0 Å².